The molecule has 1 aliphatic rings. The Morgan fingerprint density at radius 3 is 2.52 bits per heavy atom. The molecule has 0 amide bonds. The molecule has 1 N–H and O–H groups in total. The molecule has 0 aliphatic heterocycles. The van der Waals surface area contributed by atoms with Gasteiger partial charge < -0.3 is 10.1 Å². The standard InChI is InChI=1S/C19H31NO/c1-3-13-20-16(2)14-17-9-11-19(12-10-17)21-15-18-7-5-4-6-8-18/h9-12,16,18,20H,3-8,13-15H2,1-2H3. The number of ether oxygens (including phenoxy) is 1. The molecular formula is C19H31NO. The van der Waals surface area contributed by atoms with Crippen LogP contribution in [0.15, 0.2) is 24.3 Å². The van der Waals surface area contributed by atoms with Crippen LogP contribution in [-0.4, -0.2) is 19.2 Å². The smallest absolute Gasteiger partial charge is 0.119 e. The predicted molar refractivity (Wildman–Crippen MR) is 90.0 cm³/mol. The lowest BCUT2D eigenvalue weighted by Crippen LogP contribution is -2.28. The lowest BCUT2D eigenvalue weighted by Gasteiger charge is -2.21. The summed E-state index contributed by atoms with van der Waals surface area (Å²) in [7, 11) is 0. The molecule has 1 atom stereocenters. The number of rotatable bonds is 8. The van der Waals surface area contributed by atoms with Crippen LogP contribution in [0.25, 0.3) is 0 Å². The van der Waals surface area contributed by atoms with E-state index in [1.807, 2.05) is 0 Å². The van der Waals surface area contributed by atoms with E-state index >= 15 is 0 Å². The summed E-state index contributed by atoms with van der Waals surface area (Å²) in [6.45, 7) is 6.46. The highest BCUT2D eigenvalue weighted by molar-refractivity contribution is 5.27. The fourth-order valence-corrected chi connectivity index (χ4v) is 3.11. The molecule has 2 nitrogen and oxygen atoms in total. The van der Waals surface area contributed by atoms with Crippen molar-refractivity contribution < 1.29 is 4.74 Å². The van der Waals surface area contributed by atoms with E-state index in [9.17, 15) is 0 Å². The van der Waals surface area contributed by atoms with E-state index < -0.39 is 0 Å². The van der Waals surface area contributed by atoms with Crippen LogP contribution in [0.1, 0.15) is 57.9 Å². The topological polar surface area (TPSA) is 21.3 Å². The van der Waals surface area contributed by atoms with Crippen LogP contribution in [0.5, 0.6) is 5.75 Å². The largest absolute Gasteiger partial charge is 0.493 e. The molecule has 1 aromatic rings. The van der Waals surface area contributed by atoms with Gasteiger partial charge in [0.05, 0.1) is 6.61 Å². The molecule has 1 aliphatic carbocycles. The first-order chi connectivity index (χ1) is 10.3. The second kappa shape index (κ2) is 9.09. The van der Waals surface area contributed by atoms with E-state index in [0.29, 0.717) is 6.04 Å². The molecule has 1 fully saturated rings. The van der Waals surface area contributed by atoms with E-state index in [2.05, 4.69) is 43.4 Å². The van der Waals surface area contributed by atoms with Crippen LogP contribution in [0.3, 0.4) is 0 Å². The Hall–Kier alpha value is -1.02. The van der Waals surface area contributed by atoms with Gasteiger partial charge in [-0.3, -0.25) is 0 Å². The minimum Gasteiger partial charge on any atom is -0.493 e. The summed E-state index contributed by atoms with van der Waals surface area (Å²) in [5.74, 6) is 1.80. The molecule has 2 rings (SSSR count). The summed E-state index contributed by atoms with van der Waals surface area (Å²) in [4.78, 5) is 0. The molecule has 21 heavy (non-hydrogen) atoms. The molecule has 0 heterocycles. The minimum atomic E-state index is 0.541. The quantitative estimate of drug-likeness (QED) is 0.756. The summed E-state index contributed by atoms with van der Waals surface area (Å²) >= 11 is 0. The van der Waals surface area contributed by atoms with E-state index in [-0.39, 0.29) is 0 Å². The van der Waals surface area contributed by atoms with Crippen LogP contribution in [0, 0.1) is 5.92 Å². The molecule has 0 saturated heterocycles. The first-order valence-corrected chi connectivity index (χ1v) is 8.73. The Bertz CT molecular complexity index is 381. The lowest BCUT2D eigenvalue weighted by atomic mass is 9.90. The van der Waals surface area contributed by atoms with Crippen molar-refractivity contribution >= 4 is 0 Å². The predicted octanol–water partition coefficient (Wildman–Crippen LogP) is 4.58. The van der Waals surface area contributed by atoms with Gasteiger partial charge in [-0.1, -0.05) is 38.3 Å². The Morgan fingerprint density at radius 1 is 1.14 bits per heavy atom. The molecule has 0 radical (unpaired) electrons. The van der Waals surface area contributed by atoms with Gasteiger partial charge in [0.2, 0.25) is 0 Å². The van der Waals surface area contributed by atoms with Crippen LogP contribution in [0.2, 0.25) is 0 Å². The zero-order valence-corrected chi connectivity index (χ0v) is 13.7. The van der Waals surface area contributed by atoms with Gasteiger partial charge >= 0.3 is 0 Å². The van der Waals surface area contributed by atoms with Crippen molar-refractivity contribution in [3.05, 3.63) is 29.8 Å². The second-order valence-corrected chi connectivity index (χ2v) is 6.52. The third kappa shape index (κ3) is 6.09. The zero-order chi connectivity index (χ0) is 14.9. The van der Waals surface area contributed by atoms with Gasteiger partial charge in [0.25, 0.3) is 0 Å². The summed E-state index contributed by atoms with van der Waals surface area (Å²) in [6.07, 6.45) is 9.15. The molecule has 118 valence electrons. The monoisotopic (exact) mass is 289 g/mol. The van der Waals surface area contributed by atoms with Crippen molar-refractivity contribution in [3.8, 4) is 5.75 Å². The van der Waals surface area contributed by atoms with Gasteiger partial charge in [-0.25, -0.2) is 0 Å². The molecule has 0 spiro atoms. The van der Waals surface area contributed by atoms with Gasteiger partial charge in [0.1, 0.15) is 5.75 Å². The van der Waals surface area contributed by atoms with Gasteiger partial charge in [-0.15, -0.1) is 0 Å². The summed E-state index contributed by atoms with van der Waals surface area (Å²) in [5, 5.41) is 3.53. The highest BCUT2D eigenvalue weighted by atomic mass is 16.5. The van der Waals surface area contributed by atoms with Gasteiger partial charge in [0.15, 0.2) is 0 Å². The molecule has 1 unspecified atom stereocenters. The van der Waals surface area contributed by atoms with Crippen molar-refractivity contribution in [1.29, 1.82) is 0 Å². The van der Waals surface area contributed by atoms with Crippen LogP contribution < -0.4 is 10.1 Å². The average molecular weight is 289 g/mol. The third-order valence-electron chi connectivity index (χ3n) is 4.42. The average Bonchev–Trinajstić information content (AvgIpc) is 2.53. The van der Waals surface area contributed by atoms with Crippen LogP contribution >= 0.6 is 0 Å². The number of hydrogen-bond acceptors (Lipinski definition) is 2. The maximum absolute atomic E-state index is 5.95. The van der Waals surface area contributed by atoms with E-state index in [1.54, 1.807) is 0 Å². The molecule has 1 saturated carbocycles. The highest BCUT2D eigenvalue weighted by Crippen LogP contribution is 2.24. The molecule has 1 aromatic carbocycles. The van der Waals surface area contributed by atoms with E-state index in [4.69, 9.17) is 4.74 Å². The first kappa shape index (κ1) is 16.4. The number of nitrogens with one attached hydrogen (secondary N) is 1. The summed E-state index contributed by atoms with van der Waals surface area (Å²) < 4.78 is 5.95. The van der Waals surface area contributed by atoms with Gasteiger partial charge in [0, 0.05) is 6.04 Å². The maximum Gasteiger partial charge on any atom is 0.119 e. The Balaban J connectivity index is 1.73. The maximum atomic E-state index is 5.95. The molecular weight excluding hydrogens is 258 g/mol. The summed E-state index contributed by atoms with van der Waals surface area (Å²) in [5.41, 5.74) is 1.39. The van der Waals surface area contributed by atoms with Crippen LogP contribution in [-0.2, 0) is 6.42 Å². The van der Waals surface area contributed by atoms with Gasteiger partial charge in [-0.2, -0.15) is 0 Å². The van der Waals surface area contributed by atoms with Crippen molar-refractivity contribution in [2.45, 2.75) is 64.8 Å². The lowest BCUT2D eigenvalue weighted by molar-refractivity contribution is 0.209. The zero-order valence-electron chi connectivity index (χ0n) is 13.7. The van der Waals surface area contributed by atoms with Crippen LogP contribution in [0.4, 0.5) is 0 Å². The Labute approximate surface area is 130 Å². The van der Waals surface area contributed by atoms with E-state index in [1.165, 1.54) is 44.1 Å². The van der Waals surface area contributed by atoms with Crippen molar-refractivity contribution in [2.75, 3.05) is 13.2 Å². The molecule has 0 aromatic heterocycles. The second-order valence-electron chi connectivity index (χ2n) is 6.52. The third-order valence-corrected chi connectivity index (χ3v) is 4.42. The van der Waals surface area contributed by atoms with Crippen molar-refractivity contribution in [3.63, 3.8) is 0 Å². The molecule has 0 bridgehead atoms. The van der Waals surface area contributed by atoms with Crippen molar-refractivity contribution in [2.24, 2.45) is 5.92 Å². The van der Waals surface area contributed by atoms with E-state index in [0.717, 1.165) is 31.2 Å². The minimum absolute atomic E-state index is 0.541. The van der Waals surface area contributed by atoms with Gasteiger partial charge in [-0.05, 0) is 62.8 Å². The summed E-state index contributed by atoms with van der Waals surface area (Å²) in [6, 6.07) is 9.22. The Morgan fingerprint density at radius 2 is 1.86 bits per heavy atom. The molecule has 2 heteroatoms. The number of benzene rings is 1. The highest BCUT2D eigenvalue weighted by Gasteiger charge is 2.13. The number of hydrogen-bond donors (Lipinski definition) is 1. The SMILES string of the molecule is CCCNC(C)Cc1ccc(OCC2CCCCC2)cc1. The van der Waals surface area contributed by atoms with Crippen molar-refractivity contribution in [1.82, 2.24) is 5.32 Å². The first-order valence-electron chi connectivity index (χ1n) is 8.73. The normalized spacial score (nSPS) is 17.6. The fraction of sp³-hybridized carbons (Fsp3) is 0.684. The fourth-order valence-electron chi connectivity index (χ4n) is 3.11. The Kier molecular flexibility index (Phi) is 7.08.